The first-order chi connectivity index (χ1) is 9.23. The number of ether oxygens (including phenoxy) is 1. The quantitative estimate of drug-likeness (QED) is 0.876. The van der Waals surface area contributed by atoms with Crippen LogP contribution in [0.2, 0.25) is 0 Å². The Balaban J connectivity index is 2.61. The third-order valence-electron chi connectivity index (χ3n) is 2.66. The molecule has 4 nitrogen and oxygen atoms in total. The molecule has 0 aliphatic carbocycles. The Kier molecular flexibility index (Phi) is 5.24. The number of benzene rings is 1. The SMILES string of the molecule is COc1ccc(NC(C)C(=O)NCC(F)(F)F)c(C)c1. The van der Waals surface area contributed by atoms with Crippen molar-refractivity contribution in [1.82, 2.24) is 5.32 Å². The lowest BCUT2D eigenvalue weighted by Gasteiger charge is -2.18. The van der Waals surface area contributed by atoms with E-state index < -0.39 is 24.7 Å². The van der Waals surface area contributed by atoms with Gasteiger partial charge >= 0.3 is 6.18 Å². The highest BCUT2D eigenvalue weighted by Gasteiger charge is 2.28. The van der Waals surface area contributed by atoms with Gasteiger partial charge in [0, 0.05) is 5.69 Å². The second-order valence-electron chi connectivity index (χ2n) is 4.38. The minimum atomic E-state index is -4.41. The fraction of sp³-hybridized carbons (Fsp3) is 0.462. The third-order valence-corrected chi connectivity index (χ3v) is 2.66. The lowest BCUT2D eigenvalue weighted by atomic mass is 10.1. The van der Waals surface area contributed by atoms with E-state index in [-0.39, 0.29) is 0 Å². The Bertz CT molecular complexity index is 475. The number of alkyl halides is 3. The fourth-order valence-corrected chi connectivity index (χ4v) is 1.56. The molecule has 1 aromatic carbocycles. The fourth-order valence-electron chi connectivity index (χ4n) is 1.56. The molecule has 0 saturated heterocycles. The van der Waals surface area contributed by atoms with Crippen LogP contribution in [-0.4, -0.2) is 31.8 Å². The van der Waals surface area contributed by atoms with E-state index in [4.69, 9.17) is 4.74 Å². The average Bonchev–Trinajstić information content (AvgIpc) is 2.37. The van der Waals surface area contributed by atoms with Crippen LogP contribution in [0.4, 0.5) is 18.9 Å². The van der Waals surface area contributed by atoms with Gasteiger partial charge in [-0.2, -0.15) is 13.2 Å². The molecular weight excluding hydrogens is 273 g/mol. The number of amides is 1. The molecule has 0 radical (unpaired) electrons. The van der Waals surface area contributed by atoms with Crippen molar-refractivity contribution in [3.8, 4) is 5.75 Å². The van der Waals surface area contributed by atoms with E-state index in [9.17, 15) is 18.0 Å². The summed E-state index contributed by atoms with van der Waals surface area (Å²) in [5.74, 6) is -0.0419. The van der Waals surface area contributed by atoms with Crippen LogP contribution in [0.5, 0.6) is 5.75 Å². The van der Waals surface area contributed by atoms with Gasteiger partial charge in [0.2, 0.25) is 5.91 Å². The van der Waals surface area contributed by atoms with Crippen LogP contribution in [0.15, 0.2) is 18.2 Å². The minimum Gasteiger partial charge on any atom is -0.497 e. The van der Waals surface area contributed by atoms with Crippen molar-refractivity contribution >= 4 is 11.6 Å². The molecule has 20 heavy (non-hydrogen) atoms. The van der Waals surface area contributed by atoms with Crippen LogP contribution in [0.3, 0.4) is 0 Å². The van der Waals surface area contributed by atoms with Crippen LogP contribution >= 0.6 is 0 Å². The zero-order valence-corrected chi connectivity index (χ0v) is 11.5. The molecule has 0 spiro atoms. The maximum Gasteiger partial charge on any atom is 0.405 e. The molecular formula is C13H17F3N2O2. The lowest BCUT2D eigenvalue weighted by molar-refractivity contribution is -0.138. The monoisotopic (exact) mass is 290 g/mol. The van der Waals surface area contributed by atoms with E-state index in [0.717, 1.165) is 5.56 Å². The summed E-state index contributed by atoms with van der Waals surface area (Å²) in [6.45, 7) is 1.97. The van der Waals surface area contributed by atoms with Crippen molar-refractivity contribution < 1.29 is 22.7 Å². The topological polar surface area (TPSA) is 50.4 Å². The summed E-state index contributed by atoms with van der Waals surface area (Å²) in [6.07, 6.45) is -4.41. The summed E-state index contributed by atoms with van der Waals surface area (Å²) in [7, 11) is 1.54. The van der Waals surface area contributed by atoms with Crippen molar-refractivity contribution in [2.75, 3.05) is 19.0 Å². The number of rotatable bonds is 5. The van der Waals surface area contributed by atoms with Gasteiger partial charge in [-0.05, 0) is 37.6 Å². The van der Waals surface area contributed by atoms with Gasteiger partial charge < -0.3 is 15.4 Å². The predicted molar refractivity (Wildman–Crippen MR) is 69.9 cm³/mol. The maximum atomic E-state index is 12.0. The second-order valence-corrected chi connectivity index (χ2v) is 4.38. The smallest absolute Gasteiger partial charge is 0.405 e. The molecule has 0 aliphatic rings. The number of carbonyl (C=O) groups excluding carboxylic acids is 1. The lowest BCUT2D eigenvalue weighted by Crippen LogP contribution is -2.42. The molecule has 1 amide bonds. The standard InChI is InChI=1S/C13H17F3N2O2/c1-8-6-10(20-3)4-5-11(8)18-9(2)12(19)17-7-13(14,15)16/h4-6,9,18H,7H2,1-3H3,(H,17,19). The third kappa shape index (κ3) is 4.99. The van der Waals surface area contributed by atoms with E-state index in [1.165, 1.54) is 14.0 Å². The summed E-state index contributed by atoms with van der Waals surface area (Å²) in [6, 6.07) is 4.41. The van der Waals surface area contributed by atoms with E-state index >= 15 is 0 Å². The first kappa shape index (κ1) is 16.1. The highest BCUT2D eigenvalue weighted by Crippen LogP contribution is 2.21. The Morgan fingerprint density at radius 1 is 1.40 bits per heavy atom. The van der Waals surface area contributed by atoms with Gasteiger partial charge in [-0.15, -0.1) is 0 Å². The summed E-state index contributed by atoms with van der Waals surface area (Å²) in [5.41, 5.74) is 1.50. The molecule has 1 unspecified atom stereocenters. The Hall–Kier alpha value is -1.92. The van der Waals surface area contributed by atoms with Gasteiger partial charge in [0.05, 0.1) is 7.11 Å². The molecule has 0 fully saturated rings. The predicted octanol–water partition coefficient (Wildman–Crippen LogP) is 2.48. The minimum absolute atomic E-state index is 0.667. The molecule has 1 aromatic rings. The molecule has 1 rings (SSSR count). The number of methoxy groups -OCH3 is 1. The van der Waals surface area contributed by atoms with Crippen LogP contribution < -0.4 is 15.4 Å². The highest BCUT2D eigenvalue weighted by atomic mass is 19.4. The van der Waals surface area contributed by atoms with Gasteiger partial charge in [0.1, 0.15) is 18.3 Å². The van der Waals surface area contributed by atoms with Crippen molar-refractivity contribution in [2.45, 2.75) is 26.1 Å². The highest BCUT2D eigenvalue weighted by molar-refractivity contribution is 5.84. The van der Waals surface area contributed by atoms with E-state index in [0.29, 0.717) is 11.4 Å². The Labute approximate surface area is 115 Å². The number of anilines is 1. The van der Waals surface area contributed by atoms with Crippen molar-refractivity contribution in [2.24, 2.45) is 0 Å². The molecule has 7 heteroatoms. The van der Waals surface area contributed by atoms with E-state index in [2.05, 4.69) is 5.32 Å². The first-order valence-electron chi connectivity index (χ1n) is 5.98. The second kappa shape index (κ2) is 6.49. The van der Waals surface area contributed by atoms with Gasteiger partial charge in [0.25, 0.3) is 0 Å². The number of hydrogen-bond acceptors (Lipinski definition) is 3. The van der Waals surface area contributed by atoms with Gasteiger partial charge in [-0.1, -0.05) is 0 Å². The zero-order valence-electron chi connectivity index (χ0n) is 11.5. The van der Waals surface area contributed by atoms with Gasteiger partial charge in [-0.25, -0.2) is 0 Å². The molecule has 112 valence electrons. The molecule has 1 atom stereocenters. The Morgan fingerprint density at radius 3 is 2.55 bits per heavy atom. The number of aryl methyl sites for hydroxylation is 1. The number of halogens is 3. The summed E-state index contributed by atoms with van der Waals surface area (Å²) >= 11 is 0. The van der Waals surface area contributed by atoms with Crippen LogP contribution in [0.1, 0.15) is 12.5 Å². The molecule has 0 heterocycles. The van der Waals surface area contributed by atoms with Crippen LogP contribution in [-0.2, 0) is 4.79 Å². The molecule has 0 bridgehead atoms. The first-order valence-corrected chi connectivity index (χ1v) is 5.98. The summed E-state index contributed by atoms with van der Waals surface area (Å²) in [4.78, 5) is 11.5. The Morgan fingerprint density at radius 2 is 2.05 bits per heavy atom. The van der Waals surface area contributed by atoms with Crippen LogP contribution in [0.25, 0.3) is 0 Å². The van der Waals surface area contributed by atoms with Crippen molar-refractivity contribution in [1.29, 1.82) is 0 Å². The van der Waals surface area contributed by atoms with Crippen molar-refractivity contribution in [3.05, 3.63) is 23.8 Å². The molecule has 0 aliphatic heterocycles. The largest absolute Gasteiger partial charge is 0.497 e. The average molecular weight is 290 g/mol. The zero-order chi connectivity index (χ0) is 15.3. The van der Waals surface area contributed by atoms with E-state index in [1.807, 2.05) is 12.2 Å². The molecule has 0 saturated carbocycles. The normalized spacial score (nSPS) is 12.7. The number of nitrogens with one attached hydrogen (secondary N) is 2. The molecule has 0 aromatic heterocycles. The van der Waals surface area contributed by atoms with Gasteiger partial charge in [0.15, 0.2) is 0 Å². The molecule has 2 N–H and O–H groups in total. The summed E-state index contributed by atoms with van der Waals surface area (Å²) in [5, 5.41) is 4.70. The number of carbonyl (C=O) groups is 1. The van der Waals surface area contributed by atoms with Gasteiger partial charge in [-0.3, -0.25) is 4.79 Å². The maximum absolute atomic E-state index is 12.0. The summed E-state index contributed by atoms with van der Waals surface area (Å²) < 4.78 is 41.1. The van der Waals surface area contributed by atoms with Crippen LogP contribution in [0, 0.1) is 6.92 Å². The van der Waals surface area contributed by atoms with Crippen molar-refractivity contribution in [3.63, 3.8) is 0 Å². The van der Waals surface area contributed by atoms with E-state index in [1.54, 1.807) is 18.2 Å². The number of hydrogen-bond donors (Lipinski definition) is 2.